The number of nitrogens with two attached hydrogens (primary N) is 1. The summed E-state index contributed by atoms with van der Waals surface area (Å²) in [5, 5.41) is 0. The lowest BCUT2D eigenvalue weighted by Gasteiger charge is -2.28. The maximum absolute atomic E-state index is 12.4. The second-order valence-electron chi connectivity index (χ2n) is 5.61. The molecule has 2 atom stereocenters. The molecule has 3 N–H and O–H groups in total. The monoisotopic (exact) mass is 296 g/mol. The second-order valence-corrected chi connectivity index (χ2v) is 7.32. The van der Waals surface area contributed by atoms with E-state index in [2.05, 4.69) is 11.6 Å². The Morgan fingerprint density at radius 1 is 1.35 bits per heavy atom. The summed E-state index contributed by atoms with van der Waals surface area (Å²) < 4.78 is 27.7. The van der Waals surface area contributed by atoms with Crippen LogP contribution in [0.15, 0.2) is 29.2 Å². The number of sulfonamides is 1. The Hall–Kier alpha value is -0.910. The van der Waals surface area contributed by atoms with Crippen molar-refractivity contribution >= 4 is 10.0 Å². The molecule has 112 valence electrons. The van der Waals surface area contributed by atoms with Gasteiger partial charge in [-0.1, -0.05) is 38.3 Å². The highest BCUT2D eigenvalue weighted by Crippen LogP contribution is 2.27. The van der Waals surface area contributed by atoms with Gasteiger partial charge in [0, 0.05) is 12.6 Å². The molecule has 0 aromatic heterocycles. The van der Waals surface area contributed by atoms with Crippen molar-refractivity contribution in [2.24, 2.45) is 11.7 Å². The van der Waals surface area contributed by atoms with Crippen molar-refractivity contribution in [3.63, 3.8) is 0 Å². The van der Waals surface area contributed by atoms with Gasteiger partial charge >= 0.3 is 0 Å². The van der Waals surface area contributed by atoms with Gasteiger partial charge in [-0.3, -0.25) is 0 Å². The first-order valence-corrected chi connectivity index (χ1v) is 8.84. The second kappa shape index (κ2) is 6.70. The molecule has 0 bridgehead atoms. The lowest BCUT2D eigenvalue weighted by molar-refractivity contribution is 0.301. The van der Waals surface area contributed by atoms with Crippen LogP contribution in [0.5, 0.6) is 0 Å². The molecule has 1 aromatic rings. The van der Waals surface area contributed by atoms with Crippen molar-refractivity contribution in [3.8, 4) is 0 Å². The minimum atomic E-state index is -3.43. The molecule has 0 saturated heterocycles. The van der Waals surface area contributed by atoms with E-state index in [1.807, 2.05) is 6.07 Å². The summed E-state index contributed by atoms with van der Waals surface area (Å²) in [5.74, 6) is 0.645. The fourth-order valence-corrected chi connectivity index (χ4v) is 4.25. The molecule has 1 aliphatic rings. The third-order valence-corrected chi connectivity index (χ3v) is 5.64. The van der Waals surface area contributed by atoms with Gasteiger partial charge in [-0.15, -0.1) is 0 Å². The highest BCUT2D eigenvalue weighted by atomic mass is 32.2. The number of rotatable bonds is 5. The number of hydrogen-bond acceptors (Lipinski definition) is 3. The van der Waals surface area contributed by atoms with Gasteiger partial charge in [0.2, 0.25) is 10.0 Å². The SMILES string of the molecule is CCC1CCCC(NS(=O)(=O)c2cccc(CN)c2)C1. The van der Waals surface area contributed by atoms with Crippen LogP contribution in [-0.4, -0.2) is 14.5 Å². The molecule has 4 nitrogen and oxygen atoms in total. The zero-order valence-corrected chi connectivity index (χ0v) is 12.8. The van der Waals surface area contributed by atoms with E-state index < -0.39 is 10.0 Å². The van der Waals surface area contributed by atoms with E-state index in [1.54, 1.807) is 18.2 Å². The van der Waals surface area contributed by atoms with E-state index in [0.717, 1.165) is 31.2 Å². The van der Waals surface area contributed by atoms with E-state index in [1.165, 1.54) is 6.42 Å². The maximum atomic E-state index is 12.4. The standard InChI is InChI=1S/C15H24N2O2S/c1-2-12-5-3-7-14(9-12)17-20(18,19)15-8-4-6-13(10-15)11-16/h4,6,8,10,12,14,17H,2-3,5,7,9,11,16H2,1H3. The topological polar surface area (TPSA) is 72.2 Å². The fourth-order valence-electron chi connectivity index (χ4n) is 2.90. The largest absolute Gasteiger partial charge is 0.326 e. The van der Waals surface area contributed by atoms with E-state index in [9.17, 15) is 8.42 Å². The van der Waals surface area contributed by atoms with E-state index >= 15 is 0 Å². The molecule has 1 fully saturated rings. The van der Waals surface area contributed by atoms with E-state index in [4.69, 9.17) is 5.73 Å². The minimum Gasteiger partial charge on any atom is -0.326 e. The van der Waals surface area contributed by atoms with Crippen LogP contribution >= 0.6 is 0 Å². The van der Waals surface area contributed by atoms with Gasteiger partial charge in [-0.05, 0) is 36.5 Å². The number of benzene rings is 1. The molecule has 0 spiro atoms. The third-order valence-electron chi connectivity index (χ3n) is 4.13. The Kier molecular flexibility index (Phi) is 5.18. The zero-order chi connectivity index (χ0) is 14.6. The molecule has 20 heavy (non-hydrogen) atoms. The maximum Gasteiger partial charge on any atom is 0.240 e. The van der Waals surface area contributed by atoms with Crippen LogP contribution in [0.1, 0.15) is 44.6 Å². The number of hydrogen-bond donors (Lipinski definition) is 2. The van der Waals surface area contributed by atoms with Gasteiger partial charge in [0.15, 0.2) is 0 Å². The summed E-state index contributed by atoms with van der Waals surface area (Å²) in [6.07, 6.45) is 5.34. The molecule has 0 amide bonds. The smallest absolute Gasteiger partial charge is 0.240 e. The van der Waals surface area contributed by atoms with Crippen LogP contribution < -0.4 is 10.5 Å². The van der Waals surface area contributed by atoms with Crippen molar-refractivity contribution in [1.29, 1.82) is 0 Å². The average Bonchev–Trinajstić information content (AvgIpc) is 2.47. The summed E-state index contributed by atoms with van der Waals surface area (Å²) in [7, 11) is -3.43. The molecular formula is C15H24N2O2S. The number of nitrogens with one attached hydrogen (secondary N) is 1. The molecule has 0 heterocycles. The highest BCUT2D eigenvalue weighted by Gasteiger charge is 2.25. The van der Waals surface area contributed by atoms with Crippen molar-refractivity contribution in [2.75, 3.05) is 0 Å². The van der Waals surface area contributed by atoms with Crippen LogP contribution in [0, 0.1) is 5.92 Å². The Bertz CT molecular complexity index is 543. The van der Waals surface area contributed by atoms with Crippen molar-refractivity contribution < 1.29 is 8.42 Å². The first-order valence-electron chi connectivity index (χ1n) is 7.36. The van der Waals surface area contributed by atoms with Crippen molar-refractivity contribution in [2.45, 2.75) is 56.5 Å². The predicted octanol–water partition coefficient (Wildman–Crippen LogP) is 2.39. The summed E-state index contributed by atoms with van der Waals surface area (Å²) in [5.41, 5.74) is 6.40. The van der Waals surface area contributed by atoms with Crippen molar-refractivity contribution in [1.82, 2.24) is 4.72 Å². The molecular weight excluding hydrogens is 272 g/mol. The lowest BCUT2D eigenvalue weighted by Crippen LogP contribution is -2.38. The first kappa shape index (κ1) is 15.5. The van der Waals surface area contributed by atoms with Gasteiger partial charge in [0.25, 0.3) is 0 Å². The fraction of sp³-hybridized carbons (Fsp3) is 0.600. The van der Waals surface area contributed by atoms with Crippen LogP contribution in [-0.2, 0) is 16.6 Å². The summed E-state index contributed by atoms with van der Waals surface area (Å²) >= 11 is 0. The van der Waals surface area contributed by atoms with Crippen LogP contribution in [0.4, 0.5) is 0 Å². The zero-order valence-electron chi connectivity index (χ0n) is 12.0. The quantitative estimate of drug-likeness (QED) is 0.876. The molecule has 0 aliphatic heterocycles. The summed E-state index contributed by atoms with van der Waals surface area (Å²) in [6.45, 7) is 2.52. The van der Waals surface area contributed by atoms with Gasteiger partial charge in [-0.25, -0.2) is 13.1 Å². The third kappa shape index (κ3) is 3.81. The molecule has 0 radical (unpaired) electrons. The van der Waals surface area contributed by atoms with Crippen LogP contribution in [0.3, 0.4) is 0 Å². The van der Waals surface area contributed by atoms with Gasteiger partial charge < -0.3 is 5.73 Å². The van der Waals surface area contributed by atoms with Gasteiger partial charge in [0.1, 0.15) is 0 Å². The predicted molar refractivity (Wildman–Crippen MR) is 80.7 cm³/mol. The lowest BCUT2D eigenvalue weighted by atomic mass is 9.85. The Morgan fingerprint density at radius 2 is 2.15 bits per heavy atom. The molecule has 2 unspecified atom stereocenters. The first-order chi connectivity index (χ1) is 9.55. The summed E-state index contributed by atoms with van der Waals surface area (Å²) in [4.78, 5) is 0.319. The molecule has 1 saturated carbocycles. The van der Waals surface area contributed by atoms with Gasteiger partial charge in [0.05, 0.1) is 4.90 Å². The van der Waals surface area contributed by atoms with Crippen LogP contribution in [0.2, 0.25) is 0 Å². The molecule has 5 heteroatoms. The van der Waals surface area contributed by atoms with Crippen molar-refractivity contribution in [3.05, 3.63) is 29.8 Å². The van der Waals surface area contributed by atoms with Gasteiger partial charge in [-0.2, -0.15) is 0 Å². The van der Waals surface area contributed by atoms with Crippen LogP contribution in [0.25, 0.3) is 0 Å². The normalized spacial score (nSPS) is 23.7. The highest BCUT2D eigenvalue weighted by molar-refractivity contribution is 7.89. The average molecular weight is 296 g/mol. The molecule has 1 aromatic carbocycles. The molecule has 1 aliphatic carbocycles. The Labute approximate surface area is 121 Å². The van der Waals surface area contributed by atoms with E-state index in [-0.39, 0.29) is 6.04 Å². The van der Waals surface area contributed by atoms with E-state index in [0.29, 0.717) is 17.4 Å². The Balaban J connectivity index is 2.10. The molecule has 2 rings (SSSR count). The Morgan fingerprint density at radius 3 is 2.85 bits per heavy atom. The summed E-state index contributed by atoms with van der Waals surface area (Å²) in [6, 6.07) is 6.93. The minimum absolute atomic E-state index is 0.0697.